The second-order valence-corrected chi connectivity index (χ2v) is 8.83. The number of nitrogens with zero attached hydrogens (tertiary/aromatic N) is 3. The van der Waals surface area contributed by atoms with Crippen LogP contribution < -0.4 is 15.5 Å². The van der Waals surface area contributed by atoms with Gasteiger partial charge in [-0.25, -0.2) is 4.79 Å². The van der Waals surface area contributed by atoms with Gasteiger partial charge >= 0.3 is 6.03 Å². The molecular formula is C24H30ClN5O3. The zero-order valence-electron chi connectivity index (χ0n) is 18.7. The van der Waals surface area contributed by atoms with E-state index in [0.29, 0.717) is 30.3 Å². The normalized spacial score (nSPS) is 21.2. The molecule has 2 N–H and O–H groups in total. The van der Waals surface area contributed by atoms with Gasteiger partial charge in [-0.05, 0) is 56.2 Å². The highest BCUT2D eigenvalue weighted by molar-refractivity contribution is 6.30. The highest BCUT2D eigenvalue weighted by Crippen LogP contribution is 2.24. The smallest absolute Gasteiger partial charge is 0.322 e. The third kappa shape index (κ3) is 5.94. The van der Waals surface area contributed by atoms with Crippen LogP contribution in [0, 0.1) is 0 Å². The molecule has 0 radical (unpaired) electrons. The lowest BCUT2D eigenvalue weighted by molar-refractivity contribution is -0.125. The van der Waals surface area contributed by atoms with Gasteiger partial charge in [0, 0.05) is 67.5 Å². The van der Waals surface area contributed by atoms with Gasteiger partial charge in [-0.15, -0.1) is 0 Å². The lowest BCUT2D eigenvalue weighted by atomic mass is 10.0. The van der Waals surface area contributed by atoms with Gasteiger partial charge < -0.3 is 25.2 Å². The van der Waals surface area contributed by atoms with Crippen molar-refractivity contribution in [3.05, 3.63) is 53.8 Å². The molecule has 176 valence electrons. The van der Waals surface area contributed by atoms with Crippen LogP contribution in [0.3, 0.4) is 0 Å². The standard InChI is InChI=1S/C24H30ClN5O3/c1-2-33-21-15-22(30(16-21)24(32)28-18-5-3-17(25)4-6-18)23(31)27-19-9-13-29(14-10-19)20-7-11-26-12-8-20/h3-8,11-12,19,21-22H,2,9-10,13-16H2,1H3,(H,27,31)(H,28,32)/t21-,22-/m1/s1. The molecule has 2 aliphatic heterocycles. The average molecular weight is 472 g/mol. The Kier molecular flexibility index (Phi) is 7.67. The van der Waals surface area contributed by atoms with Crippen molar-refractivity contribution in [3.8, 4) is 0 Å². The molecule has 3 heterocycles. The lowest BCUT2D eigenvalue weighted by Gasteiger charge is -2.34. The number of anilines is 2. The summed E-state index contributed by atoms with van der Waals surface area (Å²) in [6.45, 7) is 4.57. The van der Waals surface area contributed by atoms with Crippen LogP contribution in [0.25, 0.3) is 0 Å². The van der Waals surface area contributed by atoms with Crippen LogP contribution >= 0.6 is 11.6 Å². The minimum Gasteiger partial charge on any atom is -0.377 e. The first-order chi connectivity index (χ1) is 16.0. The first-order valence-corrected chi connectivity index (χ1v) is 11.8. The molecule has 0 saturated carbocycles. The van der Waals surface area contributed by atoms with Crippen molar-refractivity contribution in [2.24, 2.45) is 0 Å². The largest absolute Gasteiger partial charge is 0.377 e. The van der Waals surface area contributed by atoms with Crippen LogP contribution in [0.4, 0.5) is 16.2 Å². The van der Waals surface area contributed by atoms with Crippen LogP contribution in [-0.4, -0.2) is 66.3 Å². The summed E-state index contributed by atoms with van der Waals surface area (Å²) in [6, 6.07) is 10.1. The molecule has 4 rings (SSSR count). The summed E-state index contributed by atoms with van der Waals surface area (Å²) in [5.74, 6) is -0.120. The Morgan fingerprint density at radius 2 is 1.82 bits per heavy atom. The van der Waals surface area contributed by atoms with Crippen molar-refractivity contribution in [1.29, 1.82) is 0 Å². The van der Waals surface area contributed by atoms with Crippen molar-refractivity contribution in [3.63, 3.8) is 0 Å². The Morgan fingerprint density at radius 1 is 1.12 bits per heavy atom. The maximum atomic E-state index is 13.2. The molecular weight excluding hydrogens is 442 g/mol. The zero-order chi connectivity index (χ0) is 23.2. The quantitative estimate of drug-likeness (QED) is 0.673. The van der Waals surface area contributed by atoms with Gasteiger partial charge in [0.25, 0.3) is 0 Å². The fraction of sp³-hybridized carbons (Fsp3) is 0.458. The molecule has 2 saturated heterocycles. The van der Waals surface area contributed by atoms with E-state index in [1.165, 1.54) is 0 Å². The topological polar surface area (TPSA) is 86.8 Å². The second-order valence-electron chi connectivity index (χ2n) is 8.39. The third-order valence-corrected chi connectivity index (χ3v) is 6.45. The number of piperidine rings is 1. The number of nitrogens with one attached hydrogen (secondary N) is 2. The van der Waals surface area contributed by atoms with Gasteiger partial charge in [0.05, 0.1) is 6.10 Å². The van der Waals surface area contributed by atoms with Crippen LogP contribution in [-0.2, 0) is 9.53 Å². The molecule has 0 bridgehead atoms. The molecule has 0 spiro atoms. The van der Waals surface area contributed by atoms with E-state index in [2.05, 4.69) is 20.5 Å². The van der Waals surface area contributed by atoms with Crippen molar-refractivity contribution >= 4 is 34.9 Å². The van der Waals surface area contributed by atoms with Gasteiger partial charge in [0.2, 0.25) is 5.91 Å². The minimum absolute atomic E-state index is 0.0860. The molecule has 0 unspecified atom stereocenters. The number of hydrogen-bond acceptors (Lipinski definition) is 5. The lowest BCUT2D eigenvalue weighted by Crippen LogP contribution is -2.52. The first-order valence-electron chi connectivity index (χ1n) is 11.4. The summed E-state index contributed by atoms with van der Waals surface area (Å²) in [7, 11) is 0. The Hall–Kier alpha value is -2.84. The molecule has 1 aromatic carbocycles. The number of urea groups is 1. The SMILES string of the molecule is CCO[C@@H]1C[C@H](C(=O)NC2CCN(c3ccncc3)CC2)N(C(=O)Nc2ccc(Cl)cc2)C1. The molecule has 8 nitrogen and oxygen atoms in total. The van der Waals surface area contributed by atoms with Gasteiger partial charge in [-0.1, -0.05) is 11.6 Å². The maximum Gasteiger partial charge on any atom is 0.322 e. The minimum atomic E-state index is -0.563. The number of halogens is 1. The summed E-state index contributed by atoms with van der Waals surface area (Å²) in [5.41, 5.74) is 1.78. The monoisotopic (exact) mass is 471 g/mol. The molecule has 2 atom stereocenters. The molecule has 33 heavy (non-hydrogen) atoms. The Balaban J connectivity index is 1.36. The molecule has 2 aliphatic rings. The van der Waals surface area contributed by atoms with Gasteiger partial charge in [0.1, 0.15) is 6.04 Å². The summed E-state index contributed by atoms with van der Waals surface area (Å²) in [5, 5.41) is 6.64. The number of amides is 3. The molecule has 2 aromatic rings. The van der Waals surface area contributed by atoms with Crippen molar-refractivity contribution in [2.45, 2.75) is 44.4 Å². The summed E-state index contributed by atoms with van der Waals surface area (Å²) < 4.78 is 5.75. The van der Waals surface area contributed by atoms with Crippen LogP contribution in [0.2, 0.25) is 5.02 Å². The van der Waals surface area contributed by atoms with E-state index in [0.717, 1.165) is 31.6 Å². The highest BCUT2D eigenvalue weighted by atomic mass is 35.5. The third-order valence-electron chi connectivity index (χ3n) is 6.19. The fourth-order valence-electron chi connectivity index (χ4n) is 4.49. The second kappa shape index (κ2) is 10.9. The fourth-order valence-corrected chi connectivity index (χ4v) is 4.62. The van der Waals surface area contributed by atoms with Crippen LogP contribution in [0.1, 0.15) is 26.2 Å². The number of ether oxygens (including phenoxy) is 1. The Labute approximate surface area is 199 Å². The molecule has 1 aromatic heterocycles. The first kappa shape index (κ1) is 23.3. The number of carbonyl (C=O) groups is 2. The van der Waals surface area contributed by atoms with Gasteiger partial charge in [-0.3, -0.25) is 9.78 Å². The number of rotatable bonds is 6. The van der Waals surface area contributed by atoms with E-state index in [9.17, 15) is 9.59 Å². The van der Waals surface area contributed by atoms with E-state index in [-0.39, 0.29) is 24.1 Å². The Morgan fingerprint density at radius 3 is 2.48 bits per heavy atom. The predicted octanol–water partition coefficient (Wildman–Crippen LogP) is 3.53. The average Bonchev–Trinajstić information content (AvgIpc) is 3.26. The molecule has 3 amide bonds. The van der Waals surface area contributed by atoms with Crippen LogP contribution in [0.5, 0.6) is 0 Å². The highest BCUT2D eigenvalue weighted by Gasteiger charge is 2.40. The van der Waals surface area contributed by atoms with Gasteiger partial charge in [0.15, 0.2) is 0 Å². The number of pyridine rings is 1. The van der Waals surface area contributed by atoms with Crippen molar-refractivity contribution < 1.29 is 14.3 Å². The van der Waals surface area contributed by atoms with E-state index in [1.807, 2.05) is 19.1 Å². The number of hydrogen-bond donors (Lipinski definition) is 2. The zero-order valence-corrected chi connectivity index (χ0v) is 19.5. The Bertz CT molecular complexity index is 935. The number of likely N-dealkylation sites (tertiary alicyclic amines) is 1. The van der Waals surface area contributed by atoms with Crippen LogP contribution in [0.15, 0.2) is 48.8 Å². The predicted molar refractivity (Wildman–Crippen MR) is 129 cm³/mol. The summed E-state index contributed by atoms with van der Waals surface area (Å²) >= 11 is 5.93. The molecule has 2 fully saturated rings. The molecule has 0 aliphatic carbocycles. The van der Waals surface area contributed by atoms with Crippen molar-refractivity contribution in [1.82, 2.24) is 15.2 Å². The van der Waals surface area contributed by atoms with E-state index < -0.39 is 6.04 Å². The molecule has 9 heteroatoms. The van der Waals surface area contributed by atoms with E-state index in [4.69, 9.17) is 16.3 Å². The summed E-state index contributed by atoms with van der Waals surface area (Å²) in [6.07, 6.45) is 5.63. The van der Waals surface area contributed by atoms with Gasteiger partial charge in [-0.2, -0.15) is 0 Å². The summed E-state index contributed by atoms with van der Waals surface area (Å²) in [4.78, 5) is 34.1. The maximum absolute atomic E-state index is 13.2. The number of carbonyl (C=O) groups excluding carboxylic acids is 2. The van der Waals surface area contributed by atoms with E-state index >= 15 is 0 Å². The number of benzene rings is 1. The van der Waals surface area contributed by atoms with E-state index in [1.54, 1.807) is 41.6 Å². The van der Waals surface area contributed by atoms with Crippen molar-refractivity contribution in [2.75, 3.05) is 36.5 Å². The number of aromatic nitrogens is 1.